The molecule has 0 atom stereocenters. The van der Waals surface area contributed by atoms with Gasteiger partial charge in [0.15, 0.2) is 0 Å². The van der Waals surface area contributed by atoms with Crippen LogP contribution in [0, 0.1) is 0 Å². The minimum absolute atomic E-state index is 0.108. The summed E-state index contributed by atoms with van der Waals surface area (Å²) in [7, 11) is 1.57. The van der Waals surface area contributed by atoms with Crippen molar-refractivity contribution >= 4 is 35.1 Å². The molecule has 0 bridgehead atoms. The molecule has 1 saturated heterocycles. The maximum Gasteiger partial charge on any atom is 0.317 e. The van der Waals surface area contributed by atoms with Crippen molar-refractivity contribution in [2.75, 3.05) is 33.3 Å². The molecular weight excluding hydrogens is 413 g/mol. The second-order valence-corrected chi connectivity index (χ2v) is 7.57. The largest absolute Gasteiger partial charge is 0.496 e. The lowest BCUT2D eigenvalue weighted by atomic mass is 10.2. The summed E-state index contributed by atoms with van der Waals surface area (Å²) in [5.41, 5.74) is 1.33. The van der Waals surface area contributed by atoms with E-state index in [0.717, 1.165) is 5.56 Å². The molecule has 2 aromatic rings. The highest BCUT2D eigenvalue weighted by Crippen LogP contribution is 2.23. The van der Waals surface area contributed by atoms with Crippen molar-refractivity contribution in [1.82, 2.24) is 15.1 Å². The number of hydrogen-bond donors (Lipinski definition) is 1. The minimum Gasteiger partial charge on any atom is -0.496 e. The van der Waals surface area contributed by atoms with Crippen LogP contribution >= 0.6 is 23.2 Å². The van der Waals surface area contributed by atoms with Gasteiger partial charge in [-0.15, -0.1) is 0 Å². The Bertz CT molecular complexity index is 891. The molecule has 2 aromatic carbocycles. The molecule has 3 amide bonds. The Morgan fingerprint density at radius 3 is 2.52 bits per heavy atom. The molecule has 1 aliphatic heterocycles. The van der Waals surface area contributed by atoms with Gasteiger partial charge in [0.25, 0.3) is 5.91 Å². The van der Waals surface area contributed by atoms with E-state index in [-0.39, 0.29) is 11.9 Å². The summed E-state index contributed by atoms with van der Waals surface area (Å²) in [6.45, 7) is 2.41. The van der Waals surface area contributed by atoms with Gasteiger partial charge in [0.05, 0.1) is 17.7 Å². The van der Waals surface area contributed by atoms with Crippen LogP contribution in [0.5, 0.6) is 5.75 Å². The molecule has 1 heterocycles. The third-order valence-corrected chi connectivity index (χ3v) is 5.42. The van der Waals surface area contributed by atoms with Gasteiger partial charge in [-0.25, -0.2) is 4.79 Å². The van der Waals surface area contributed by atoms with Gasteiger partial charge in [-0.2, -0.15) is 0 Å². The van der Waals surface area contributed by atoms with E-state index in [1.54, 1.807) is 53.3 Å². The number of halogens is 2. The first-order valence-electron chi connectivity index (χ1n) is 9.38. The second-order valence-electron chi connectivity index (χ2n) is 6.73. The number of benzene rings is 2. The molecular formula is C21H23Cl2N3O3. The van der Waals surface area contributed by atoms with E-state index in [9.17, 15) is 9.59 Å². The molecule has 1 aliphatic rings. The SMILES string of the molecule is COc1cc(Cl)ccc1CNC(=O)N1CCCN(C(=O)c2ccccc2Cl)CC1. The normalized spacial score (nSPS) is 14.3. The molecule has 0 unspecified atom stereocenters. The third-order valence-electron chi connectivity index (χ3n) is 4.85. The Hall–Kier alpha value is -2.44. The Morgan fingerprint density at radius 2 is 1.76 bits per heavy atom. The van der Waals surface area contributed by atoms with Crippen LogP contribution in [0.4, 0.5) is 4.79 Å². The monoisotopic (exact) mass is 435 g/mol. The van der Waals surface area contributed by atoms with Crippen molar-refractivity contribution in [3.8, 4) is 5.75 Å². The van der Waals surface area contributed by atoms with Gasteiger partial charge in [-0.1, -0.05) is 41.4 Å². The van der Waals surface area contributed by atoms with Crippen molar-refractivity contribution in [2.45, 2.75) is 13.0 Å². The van der Waals surface area contributed by atoms with E-state index in [1.165, 1.54) is 0 Å². The van der Waals surface area contributed by atoms with Gasteiger partial charge in [-0.3, -0.25) is 4.79 Å². The minimum atomic E-state index is -0.172. The van der Waals surface area contributed by atoms with Gasteiger partial charge in [0, 0.05) is 43.3 Å². The number of rotatable bonds is 4. The summed E-state index contributed by atoms with van der Waals surface area (Å²) in [5, 5.41) is 3.93. The number of ether oxygens (including phenoxy) is 1. The second kappa shape index (κ2) is 9.85. The Balaban J connectivity index is 1.57. The number of urea groups is 1. The average molecular weight is 436 g/mol. The molecule has 8 heteroatoms. The number of nitrogens with one attached hydrogen (secondary N) is 1. The van der Waals surface area contributed by atoms with Crippen LogP contribution in [0.2, 0.25) is 10.0 Å². The maximum atomic E-state index is 12.8. The lowest BCUT2D eigenvalue weighted by Gasteiger charge is -2.23. The number of amides is 3. The standard InChI is InChI=1S/C21H23Cl2N3O3/c1-29-19-13-16(22)8-7-15(19)14-24-21(28)26-10-4-9-25(11-12-26)20(27)17-5-2-3-6-18(17)23/h2-3,5-8,13H,4,9-12,14H2,1H3,(H,24,28). The predicted molar refractivity (Wildman–Crippen MR) is 114 cm³/mol. The highest BCUT2D eigenvalue weighted by molar-refractivity contribution is 6.33. The van der Waals surface area contributed by atoms with Crippen LogP contribution in [0.15, 0.2) is 42.5 Å². The van der Waals surface area contributed by atoms with Crippen LogP contribution in [0.25, 0.3) is 0 Å². The summed E-state index contributed by atoms with van der Waals surface area (Å²) in [6, 6.07) is 12.1. The van der Waals surface area contributed by atoms with Gasteiger partial charge in [-0.05, 0) is 30.7 Å². The first kappa shape index (κ1) is 21.3. The van der Waals surface area contributed by atoms with Crippen molar-refractivity contribution in [3.63, 3.8) is 0 Å². The molecule has 0 saturated carbocycles. The zero-order chi connectivity index (χ0) is 20.8. The van der Waals surface area contributed by atoms with Crippen molar-refractivity contribution in [2.24, 2.45) is 0 Å². The Labute approximate surface area is 180 Å². The van der Waals surface area contributed by atoms with Crippen LogP contribution in [-0.4, -0.2) is 55.0 Å². The molecule has 1 fully saturated rings. The summed E-state index contributed by atoms with van der Waals surface area (Å²) in [4.78, 5) is 28.8. The molecule has 0 aliphatic carbocycles. The topological polar surface area (TPSA) is 61.9 Å². The Kier molecular flexibility index (Phi) is 7.23. The fraction of sp³-hybridized carbons (Fsp3) is 0.333. The van der Waals surface area contributed by atoms with Crippen molar-refractivity contribution in [1.29, 1.82) is 0 Å². The lowest BCUT2D eigenvalue weighted by Crippen LogP contribution is -2.42. The smallest absolute Gasteiger partial charge is 0.317 e. The van der Waals surface area contributed by atoms with Gasteiger partial charge in [0.2, 0.25) is 0 Å². The zero-order valence-corrected chi connectivity index (χ0v) is 17.7. The maximum absolute atomic E-state index is 12.8. The van der Waals surface area contributed by atoms with E-state index < -0.39 is 0 Å². The van der Waals surface area contributed by atoms with Crippen molar-refractivity contribution in [3.05, 3.63) is 63.6 Å². The number of carbonyl (C=O) groups is 2. The molecule has 0 radical (unpaired) electrons. The molecule has 0 aromatic heterocycles. The molecule has 29 heavy (non-hydrogen) atoms. The van der Waals surface area contributed by atoms with E-state index >= 15 is 0 Å². The quantitative estimate of drug-likeness (QED) is 0.787. The van der Waals surface area contributed by atoms with Gasteiger partial charge < -0.3 is 19.9 Å². The number of methoxy groups -OCH3 is 1. The molecule has 1 N–H and O–H groups in total. The van der Waals surface area contributed by atoms with Crippen LogP contribution in [0.3, 0.4) is 0 Å². The highest BCUT2D eigenvalue weighted by Gasteiger charge is 2.24. The van der Waals surface area contributed by atoms with Crippen LogP contribution < -0.4 is 10.1 Å². The van der Waals surface area contributed by atoms with E-state index in [0.29, 0.717) is 60.5 Å². The van der Waals surface area contributed by atoms with Gasteiger partial charge >= 0.3 is 6.03 Å². The summed E-state index contributed by atoms with van der Waals surface area (Å²) in [5.74, 6) is 0.522. The lowest BCUT2D eigenvalue weighted by molar-refractivity contribution is 0.0762. The summed E-state index contributed by atoms with van der Waals surface area (Å²) < 4.78 is 5.31. The zero-order valence-electron chi connectivity index (χ0n) is 16.2. The van der Waals surface area contributed by atoms with Gasteiger partial charge in [0.1, 0.15) is 5.75 Å². The summed E-state index contributed by atoms with van der Waals surface area (Å²) in [6.07, 6.45) is 0.702. The first-order valence-corrected chi connectivity index (χ1v) is 10.1. The fourth-order valence-corrected chi connectivity index (χ4v) is 3.65. The van der Waals surface area contributed by atoms with Crippen LogP contribution in [0.1, 0.15) is 22.3 Å². The van der Waals surface area contributed by atoms with Crippen molar-refractivity contribution < 1.29 is 14.3 Å². The number of hydrogen-bond acceptors (Lipinski definition) is 3. The molecule has 3 rings (SSSR count). The van der Waals surface area contributed by atoms with E-state index in [4.69, 9.17) is 27.9 Å². The predicted octanol–water partition coefficient (Wildman–Crippen LogP) is 4.06. The first-order chi connectivity index (χ1) is 14.0. The van der Waals surface area contributed by atoms with E-state index in [2.05, 4.69) is 5.32 Å². The number of carbonyl (C=O) groups excluding carboxylic acids is 2. The average Bonchev–Trinajstić information content (AvgIpc) is 2.98. The highest BCUT2D eigenvalue weighted by atomic mass is 35.5. The number of nitrogens with zero attached hydrogens (tertiary/aromatic N) is 2. The third kappa shape index (κ3) is 5.34. The summed E-state index contributed by atoms with van der Waals surface area (Å²) >= 11 is 12.1. The van der Waals surface area contributed by atoms with E-state index in [1.807, 2.05) is 6.07 Å². The Morgan fingerprint density at radius 1 is 1.03 bits per heavy atom. The fourth-order valence-electron chi connectivity index (χ4n) is 3.28. The molecule has 0 spiro atoms. The van der Waals surface area contributed by atoms with Crippen LogP contribution in [-0.2, 0) is 6.54 Å². The molecule has 154 valence electrons. The molecule has 6 nitrogen and oxygen atoms in total.